The normalized spacial score (nSPS) is 22.9. The number of para-hydroxylation sites is 1. The van der Waals surface area contributed by atoms with Crippen LogP contribution in [0.15, 0.2) is 72.8 Å². The van der Waals surface area contributed by atoms with Gasteiger partial charge in [-0.3, -0.25) is 24.7 Å². The van der Waals surface area contributed by atoms with Gasteiger partial charge in [-0.1, -0.05) is 29.8 Å². The van der Waals surface area contributed by atoms with Crippen molar-refractivity contribution in [1.82, 2.24) is 4.90 Å². The van der Waals surface area contributed by atoms with E-state index in [1.807, 2.05) is 24.3 Å². The van der Waals surface area contributed by atoms with Gasteiger partial charge in [0.15, 0.2) is 0 Å². The second-order valence-electron chi connectivity index (χ2n) is 9.70. The third-order valence-electron chi connectivity index (χ3n) is 7.27. The Hall–Kier alpha value is -3.70. The number of anilines is 2. The zero-order chi connectivity index (χ0) is 27.0. The number of nitro benzene ring substituents is 1. The molecule has 3 aliphatic heterocycles. The Labute approximate surface area is 230 Å². The molecule has 10 nitrogen and oxygen atoms in total. The Morgan fingerprint density at radius 2 is 1.72 bits per heavy atom. The minimum absolute atomic E-state index is 0.0765. The number of halogens is 1. The summed E-state index contributed by atoms with van der Waals surface area (Å²) in [4.78, 5) is 30.5. The van der Waals surface area contributed by atoms with Crippen LogP contribution in [-0.2, 0) is 20.1 Å². The first-order chi connectivity index (χ1) is 18.9. The molecular formula is C28H27ClN4O6. The lowest BCUT2D eigenvalue weighted by Crippen LogP contribution is -2.52. The highest BCUT2D eigenvalue weighted by Crippen LogP contribution is 2.47. The third-order valence-corrected chi connectivity index (χ3v) is 7.52. The van der Waals surface area contributed by atoms with Gasteiger partial charge in [0.05, 0.1) is 23.9 Å². The maximum absolute atomic E-state index is 13.8. The van der Waals surface area contributed by atoms with Gasteiger partial charge in [0, 0.05) is 54.6 Å². The number of carbonyl (C=O) groups is 1. The van der Waals surface area contributed by atoms with Crippen molar-refractivity contribution in [3.05, 3.63) is 93.5 Å². The summed E-state index contributed by atoms with van der Waals surface area (Å²) in [6.07, 6.45) is -0.414. The maximum Gasteiger partial charge on any atom is 0.293 e. The summed E-state index contributed by atoms with van der Waals surface area (Å²) >= 11 is 5.95. The molecule has 0 bridgehead atoms. The van der Waals surface area contributed by atoms with Crippen molar-refractivity contribution >= 4 is 34.6 Å². The molecule has 202 valence electrons. The number of hydrogen-bond donors (Lipinski definition) is 0. The summed E-state index contributed by atoms with van der Waals surface area (Å²) in [6, 6.07) is 21.3. The summed E-state index contributed by atoms with van der Waals surface area (Å²) in [5.41, 5.74) is 2.50. The number of hydrogen-bond acceptors (Lipinski definition) is 8. The Morgan fingerprint density at radius 3 is 2.44 bits per heavy atom. The van der Waals surface area contributed by atoms with Gasteiger partial charge in [-0.2, -0.15) is 0 Å². The minimum Gasteiger partial charge on any atom is -0.491 e. The molecule has 2 saturated heterocycles. The molecule has 0 aliphatic carbocycles. The van der Waals surface area contributed by atoms with Crippen LogP contribution in [0.5, 0.6) is 5.75 Å². The quantitative estimate of drug-likeness (QED) is 0.321. The minimum atomic E-state index is -1.48. The van der Waals surface area contributed by atoms with Crippen molar-refractivity contribution in [2.75, 3.05) is 55.9 Å². The Balaban J connectivity index is 1.10. The van der Waals surface area contributed by atoms with Crippen LogP contribution < -0.4 is 14.5 Å². The van der Waals surface area contributed by atoms with Gasteiger partial charge in [-0.15, -0.1) is 0 Å². The summed E-state index contributed by atoms with van der Waals surface area (Å²) in [5, 5.41) is 11.6. The summed E-state index contributed by atoms with van der Waals surface area (Å²) in [7, 11) is 0. The SMILES string of the molecule is O=C1N(CN2CCN(c3ccc([N+](=O)[O-])cc3)CC2)c2ccccc2C12OCC(COc1ccc(Cl)cc1)O2. The van der Waals surface area contributed by atoms with Crippen molar-refractivity contribution in [2.24, 2.45) is 0 Å². The zero-order valence-electron chi connectivity index (χ0n) is 21.1. The zero-order valence-corrected chi connectivity index (χ0v) is 21.8. The molecule has 6 rings (SSSR count). The largest absolute Gasteiger partial charge is 0.491 e. The molecular weight excluding hydrogens is 524 g/mol. The van der Waals surface area contributed by atoms with E-state index in [9.17, 15) is 14.9 Å². The lowest BCUT2D eigenvalue weighted by Gasteiger charge is -2.38. The van der Waals surface area contributed by atoms with Crippen LogP contribution in [0.3, 0.4) is 0 Å². The van der Waals surface area contributed by atoms with Crippen LogP contribution in [0.25, 0.3) is 0 Å². The number of fused-ring (bicyclic) bond motifs is 2. The highest BCUT2D eigenvalue weighted by molar-refractivity contribution is 6.30. The number of amides is 1. The van der Waals surface area contributed by atoms with Crippen LogP contribution in [0.1, 0.15) is 5.56 Å². The average molecular weight is 551 g/mol. The van der Waals surface area contributed by atoms with Gasteiger partial charge in [-0.05, 0) is 42.5 Å². The van der Waals surface area contributed by atoms with Crippen molar-refractivity contribution in [1.29, 1.82) is 0 Å². The molecule has 2 atom stereocenters. The predicted molar refractivity (Wildman–Crippen MR) is 145 cm³/mol. The molecule has 11 heteroatoms. The second kappa shape index (κ2) is 10.5. The molecule has 0 radical (unpaired) electrons. The van der Waals surface area contributed by atoms with Gasteiger partial charge >= 0.3 is 0 Å². The van der Waals surface area contributed by atoms with E-state index >= 15 is 0 Å². The van der Waals surface area contributed by atoms with Gasteiger partial charge in [0.2, 0.25) is 0 Å². The number of nitro groups is 1. The second-order valence-corrected chi connectivity index (χ2v) is 10.1. The topological polar surface area (TPSA) is 97.6 Å². The summed E-state index contributed by atoms with van der Waals surface area (Å²) in [6.45, 7) is 3.82. The van der Waals surface area contributed by atoms with Crippen LogP contribution in [0.2, 0.25) is 5.02 Å². The lowest BCUT2D eigenvalue weighted by atomic mass is 10.1. The fraction of sp³-hybridized carbons (Fsp3) is 0.321. The number of nitrogens with zero attached hydrogens (tertiary/aromatic N) is 4. The summed E-state index contributed by atoms with van der Waals surface area (Å²) in [5.74, 6) is -1.06. The number of piperazine rings is 1. The van der Waals surface area contributed by atoms with Crippen molar-refractivity contribution in [2.45, 2.75) is 11.9 Å². The van der Waals surface area contributed by atoms with E-state index in [2.05, 4.69) is 9.80 Å². The highest BCUT2D eigenvalue weighted by Gasteiger charge is 2.58. The summed E-state index contributed by atoms with van der Waals surface area (Å²) < 4.78 is 18.2. The average Bonchev–Trinajstić information content (AvgIpc) is 3.49. The van der Waals surface area contributed by atoms with E-state index in [0.717, 1.165) is 37.6 Å². The van der Waals surface area contributed by atoms with Crippen LogP contribution in [0.4, 0.5) is 17.1 Å². The standard InChI is InChI=1S/C28H27ClN4O6/c29-20-5-11-23(12-6-20)37-17-24-18-38-28(39-24)25-3-1-2-4-26(25)32(27(28)34)19-30-13-15-31(16-14-30)21-7-9-22(10-8-21)33(35)36/h1-12,24H,13-19H2. The monoisotopic (exact) mass is 550 g/mol. The number of benzene rings is 3. The smallest absolute Gasteiger partial charge is 0.293 e. The Morgan fingerprint density at radius 1 is 1.00 bits per heavy atom. The molecule has 1 amide bonds. The number of carbonyl (C=O) groups excluding carboxylic acids is 1. The van der Waals surface area contributed by atoms with Crippen molar-refractivity contribution < 1.29 is 23.9 Å². The molecule has 2 fully saturated rings. The van der Waals surface area contributed by atoms with Crippen LogP contribution >= 0.6 is 11.6 Å². The fourth-order valence-electron chi connectivity index (χ4n) is 5.23. The molecule has 3 aromatic rings. The Bertz CT molecular complexity index is 1360. The predicted octanol–water partition coefficient (Wildman–Crippen LogP) is 4.02. The highest BCUT2D eigenvalue weighted by atomic mass is 35.5. The number of ether oxygens (including phenoxy) is 3. The molecule has 0 aromatic heterocycles. The first kappa shape index (κ1) is 25.6. The van der Waals surface area contributed by atoms with E-state index in [1.165, 1.54) is 12.1 Å². The van der Waals surface area contributed by atoms with Crippen LogP contribution in [0, 0.1) is 10.1 Å². The molecule has 0 N–H and O–H groups in total. The maximum atomic E-state index is 13.8. The van der Waals surface area contributed by atoms with E-state index < -0.39 is 16.8 Å². The van der Waals surface area contributed by atoms with Crippen molar-refractivity contribution in [3.8, 4) is 5.75 Å². The molecule has 0 saturated carbocycles. The van der Waals surface area contributed by atoms with Gasteiger partial charge in [0.25, 0.3) is 17.4 Å². The number of rotatable bonds is 7. The first-order valence-corrected chi connectivity index (χ1v) is 13.1. The molecule has 3 heterocycles. The van der Waals surface area contributed by atoms with Gasteiger partial charge in [0.1, 0.15) is 18.5 Å². The molecule has 3 aliphatic rings. The van der Waals surface area contributed by atoms with Gasteiger partial charge < -0.3 is 19.1 Å². The van der Waals surface area contributed by atoms with E-state index in [1.54, 1.807) is 41.3 Å². The molecule has 39 heavy (non-hydrogen) atoms. The Kier molecular flexibility index (Phi) is 6.86. The lowest BCUT2D eigenvalue weighted by molar-refractivity contribution is -0.384. The fourth-order valence-corrected chi connectivity index (χ4v) is 5.36. The molecule has 1 spiro atoms. The van der Waals surface area contributed by atoms with Crippen molar-refractivity contribution in [3.63, 3.8) is 0 Å². The van der Waals surface area contributed by atoms with Crippen LogP contribution in [-0.4, -0.2) is 67.9 Å². The third kappa shape index (κ3) is 4.92. The van der Waals surface area contributed by atoms with E-state index in [4.69, 9.17) is 25.8 Å². The van der Waals surface area contributed by atoms with E-state index in [0.29, 0.717) is 23.0 Å². The molecule has 2 unspecified atom stereocenters. The number of non-ortho nitro benzene ring substituents is 1. The van der Waals surface area contributed by atoms with E-state index in [-0.39, 0.29) is 24.8 Å². The van der Waals surface area contributed by atoms with Gasteiger partial charge in [-0.25, -0.2) is 0 Å². The first-order valence-electron chi connectivity index (χ1n) is 12.8. The molecule has 3 aromatic carbocycles.